The second-order valence-corrected chi connectivity index (χ2v) is 2.12. The molecule has 0 saturated carbocycles. The van der Waals surface area contributed by atoms with Crippen molar-refractivity contribution >= 4 is 0 Å². The van der Waals surface area contributed by atoms with Crippen LogP contribution in [-0.2, 0) is 6.54 Å². The Bertz CT molecular complexity index is 180. The predicted octanol–water partition coefficient (Wildman–Crippen LogP) is 0.997. The quantitative estimate of drug-likeness (QED) is 0.590. The van der Waals surface area contributed by atoms with Crippen molar-refractivity contribution < 1.29 is 0 Å². The molecule has 0 N–H and O–H groups in total. The van der Waals surface area contributed by atoms with Gasteiger partial charge in [0.05, 0.1) is 5.69 Å². The largest absolute Gasteiger partial charge is 0.252 e. The first kappa shape index (κ1) is 6.26. The Morgan fingerprint density at radius 2 is 2.44 bits per heavy atom. The molecule has 0 fully saturated rings. The summed E-state index contributed by atoms with van der Waals surface area (Å²) in [6, 6.07) is 0. The topological polar surface area (TPSA) is 30.7 Å². The molecule has 0 radical (unpaired) electrons. The van der Waals surface area contributed by atoms with Crippen molar-refractivity contribution in [1.82, 2.24) is 15.0 Å². The molecule has 0 unspecified atom stereocenters. The van der Waals surface area contributed by atoms with Crippen molar-refractivity contribution in [3.8, 4) is 0 Å². The van der Waals surface area contributed by atoms with Crippen molar-refractivity contribution in [2.45, 2.75) is 26.8 Å². The van der Waals surface area contributed by atoms with Gasteiger partial charge in [-0.3, -0.25) is 4.68 Å². The van der Waals surface area contributed by atoms with Crippen LogP contribution < -0.4 is 0 Å². The summed E-state index contributed by atoms with van der Waals surface area (Å²) in [6.45, 7) is 5.04. The van der Waals surface area contributed by atoms with E-state index in [2.05, 4.69) is 17.2 Å². The summed E-state index contributed by atoms with van der Waals surface area (Å²) in [7, 11) is 0. The molecular formula is C6H11N3. The zero-order valence-corrected chi connectivity index (χ0v) is 5.83. The Hall–Kier alpha value is -0.860. The molecular weight excluding hydrogens is 114 g/mol. The molecule has 0 saturated heterocycles. The summed E-state index contributed by atoms with van der Waals surface area (Å²) in [5, 5.41) is 7.72. The molecule has 0 amide bonds. The number of nitrogens with zero attached hydrogens (tertiary/aromatic N) is 3. The van der Waals surface area contributed by atoms with Gasteiger partial charge in [-0.25, -0.2) is 0 Å². The predicted molar refractivity (Wildman–Crippen MR) is 35.0 cm³/mol. The van der Waals surface area contributed by atoms with E-state index in [0.717, 1.165) is 18.7 Å². The molecule has 0 aromatic carbocycles. The molecule has 1 aromatic rings. The molecule has 1 rings (SSSR count). The van der Waals surface area contributed by atoms with Gasteiger partial charge in [0.25, 0.3) is 0 Å². The minimum Gasteiger partial charge on any atom is -0.252 e. The third-order valence-electron chi connectivity index (χ3n) is 1.11. The third kappa shape index (κ3) is 1.52. The molecule has 0 bridgehead atoms. The highest BCUT2D eigenvalue weighted by molar-refractivity contribution is 4.85. The van der Waals surface area contributed by atoms with Crippen LogP contribution in [0.15, 0.2) is 6.20 Å². The van der Waals surface area contributed by atoms with E-state index in [4.69, 9.17) is 0 Å². The number of aryl methyl sites for hydroxylation is 2. The lowest BCUT2D eigenvalue weighted by Gasteiger charge is -1.91. The molecule has 3 nitrogen and oxygen atoms in total. The molecule has 0 aliphatic carbocycles. The Morgan fingerprint density at radius 1 is 1.67 bits per heavy atom. The van der Waals surface area contributed by atoms with E-state index in [1.165, 1.54) is 0 Å². The van der Waals surface area contributed by atoms with E-state index in [-0.39, 0.29) is 0 Å². The van der Waals surface area contributed by atoms with Crippen LogP contribution in [-0.4, -0.2) is 15.0 Å². The van der Waals surface area contributed by atoms with Gasteiger partial charge in [-0.05, 0) is 13.3 Å². The van der Waals surface area contributed by atoms with Crippen molar-refractivity contribution in [2.75, 3.05) is 0 Å². The van der Waals surface area contributed by atoms with Crippen molar-refractivity contribution in [2.24, 2.45) is 0 Å². The van der Waals surface area contributed by atoms with Crippen LogP contribution in [0.5, 0.6) is 0 Å². The fraction of sp³-hybridized carbons (Fsp3) is 0.667. The zero-order chi connectivity index (χ0) is 6.69. The minimum absolute atomic E-state index is 0.973. The molecule has 0 aliphatic rings. The highest BCUT2D eigenvalue weighted by Gasteiger charge is 1.90. The van der Waals surface area contributed by atoms with Crippen LogP contribution in [0.2, 0.25) is 0 Å². The summed E-state index contributed by atoms with van der Waals surface area (Å²) in [6.07, 6.45) is 3.06. The van der Waals surface area contributed by atoms with Crippen LogP contribution >= 0.6 is 0 Å². The van der Waals surface area contributed by atoms with Crippen LogP contribution in [0.3, 0.4) is 0 Å². The van der Waals surface area contributed by atoms with Gasteiger partial charge in [-0.2, -0.15) is 0 Å². The van der Waals surface area contributed by atoms with E-state index in [9.17, 15) is 0 Å². The Morgan fingerprint density at radius 3 is 2.89 bits per heavy atom. The van der Waals surface area contributed by atoms with Gasteiger partial charge >= 0.3 is 0 Å². The smallest absolute Gasteiger partial charge is 0.0796 e. The standard InChI is InChI=1S/C6H11N3/c1-3-4-9-5-6(2)7-8-9/h5H,3-4H2,1-2H3. The van der Waals surface area contributed by atoms with E-state index in [1.807, 2.05) is 17.8 Å². The molecule has 0 spiro atoms. The summed E-state index contributed by atoms with van der Waals surface area (Å²) in [4.78, 5) is 0. The number of hydrogen-bond donors (Lipinski definition) is 0. The second kappa shape index (κ2) is 2.62. The Labute approximate surface area is 54.7 Å². The van der Waals surface area contributed by atoms with Gasteiger partial charge < -0.3 is 0 Å². The van der Waals surface area contributed by atoms with E-state index >= 15 is 0 Å². The monoisotopic (exact) mass is 125 g/mol. The fourth-order valence-electron chi connectivity index (χ4n) is 0.734. The van der Waals surface area contributed by atoms with Crippen molar-refractivity contribution in [3.63, 3.8) is 0 Å². The first-order chi connectivity index (χ1) is 4.33. The number of rotatable bonds is 2. The Kier molecular flexibility index (Phi) is 1.82. The maximum absolute atomic E-state index is 3.87. The summed E-state index contributed by atoms with van der Waals surface area (Å²) >= 11 is 0. The second-order valence-electron chi connectivity index (χ2n) is 2.12. The average Bonchev–Trinajstić information content (AvgIpc) is 2.17. The molecule has 9 heavy (non-hydrogen) atoms. The van der Waals surface area contributed by atoms with Gasteiger partial charge in [-0.15, -0.1) is 5.10 Å². The Balaban J connectivity index is 2.61. The van der Waals surface area contributed by atoms with Gasteiger partial charge in [0.2, 0.25) is 0 Å². The summed E-state index contributed by atoms with van der Waals surface area (Å²) < 4.78 is 1.86. The first-order valence-electron chi connectivity index (χ1n) is 3.19. The lowest BCUT2D eigenvalue weighted by atomic mass is 10.5. The number of aromatic nitrogens is 3. The van der Waals surface area contributed by atoms with Crippen LogP contribution in [0.1, 0.15) is 19.0 Å². The van der Waals surface area contributed by atoms with E-state index in [0.29, 0.717) is 0 Å². The SMILES string of the molecule is CCCn1cc(C)nn1. The summed E-state index contributed by atoms with van der Waals surface area (Å²) in [5.41, 5.74) is 0.989. The highest BCUT2D eigenvalue weighted by atomic mass is 15.4. The van der Waals surface area contributed by atoms with Crippen molar-refractivity contribution in [3.05, 3.63) is 11.9 Å². The van der Waals surface area contributed by atoms with Crippen molar-refractivity contribution in [1.29, 1.82) is 0 Å². The van der Waals surface area contributed by atoms with Gasteiger partial charge in [-0.1, -0.05) is 12.1 Å². The van der Waals surface area contributed by atoms with Gasteiger partial charge in [0.1, 0.15) is 0 Å². The fourth-order valence-corrected chi connectivity index (χ4v) is 0.734. The number of hydrogen-bond acceptors (Lipinski definition) is 2. The average molecular weight is 125 g/mol. The first-order valence-corrected chi connectivity index (χ1v) is 3.19. The molecule has 3 heteroatoms. The van der Waals surface area contributed by atoms with Gasteiger partial charge in [0, 0.05) is 12.7 Å². The lowest BCUT2D eigenvalue weighted by molar-refractivity contribution is 0.579. The molecule has 50 valence electrons. The molecule has 1 aromatic heterocycles. The maximum atomic E-state index is 3.87. The minimum atomic E-state index is 0.973. The van der Waals surface area contributed by atoms with E-state index < -0.39 is 0 Å². The normalized spacial score (nSPS) is 10.0. The van der Waals surface area contributed by atoms with Gasteiger partial charge in [0.15, 0.2) is 0 Å². The maximum Gasteiger partial charge on any atom is 0.0796 e. The lowest BCUT2D eigenvalue weighted by Crippen LogP contribution is -1.96. The highest BCUT2D eigenvalue weighted by Crippen LogP contribution is 1.90. The van der Waals surface area contributed by atoms with Crippen LogP contribution in [0.25, 0.3) is 0 Å². The molecule has 1 heterocycles. The zero-order valence-electron chi connectivity index (χ0n) is 5.83. The van der Waals surface area contributed by atoms with Crippen LogP contribution in [0, 0.1) is 6.92 Å². The van der Waals surface area contributed by atoms with E-state index in [1.54, 1.807) is 0 Å². The molecule has 0 atom stereocenters. The molecule has 0 aliphatic heterocycles. The van der Waals surface area contributed by atoms with Crippen LogP contribution in [0.4, 0.5) is 0 Å². The summed E-state index contributed by atoms with van der Waals surface area (Å²) in [5.74, 6) is 0. The third-order valence-corrected chi connectivity index (χ3v) is 1.11.